The van der Waals surface area contributed by atoms with Gasteiger partial charge in [0.05, 0.1) is 26.4 Å². The zero-order valence-electron chi connectivity index (χ0n) is 25.8. The highest BCUT2D eigenvalue weighted by Gasteiger charge is 2.38. The number of methoxy groups -OCH3 is 1. The second-order valence-corrected chi connectivity index (χ2v) is 14.0. The van der Waals surface area contributed by atoms with Crippen LogP contribution in [-0.4, -0.2) is 119 Å². The van der Waals surface area contributed by atoms with Crippen LogP contribution < -0.4 is 14.9 Å². The molecule has 0 bridgehead atoms. The van der Waals surface area contributed by atoms with Gasteiger partial charge in [-0.15, -0.1) is 11.3 Å². The number of rotatable bonds is 11. The molecule has 0 radical (unpaired) electrons. The Morgan fingerprint density at radius 2 is 1.77 bits per heavy atom. The summed E-state index contributed by atoms with van der Waals surface area (Å²) in [7, 11) is -2.86. The summed E-state index contributed by atoms with van der Waals surface area (Å²) in [6.45, 7) is 4.62. The average molecular weight is 744 g/mol. The SMILES string of the molecule is COCCN1CCN(C(=O)[C@H](CNC(=O)c2ccc(Cl)s2)NS(=O)(=O)c2cc(F)cc(N3CCCC3=O)c2C)CC1.O=C(O)C(F)(F)F. The molecule has 3 heterocycles. The third kappa shape index (κ3) is 10.6. The number of piperazine rings is 1. The summed E-state index contributed by atoms with van der Waals surface area (Å²) < 4.78 is 81.6. The number of hydrogen-bond donors (Lipinski definition) is 3. The van der Waals surface area contributed by atoms with Gasteiger partial charge in [-0.25, -0.2) is 17.6 Å². The van der Waals surface area contributed by atoms with Crippen LogP contribution in [0.15, 0.2) is 29.2 Å². The predicted octanol–water partition coefficient (Wildman–Crippen LogP) is 2.48. The molecule has 2 saturated heterocycles. The van der Waals surface area contributed by atoms with Crippen LogP contribution in [0.1, 0.15) is 28.1 Å². The molecule has 13 nitrogen and oxygen atoms in total. The van der Waals surface area contributed by atoms with Gasteiger partial charge in [0.15, 0.2) is 0 Å². The second kappa shape index (κ2) is 16.8. The third-order valence-electron chi connectivity index (χ3n) is 7.35. The summed E-state index contributed by atoms with van der Waals surface area (Å²) in [6.07, 6.45) is -4.21. The van der Waals surface area contributed by atoms with E-state index in [0.29, 0.717) is 67.9 Å². The number of anilines is 1. The van der Waals surface area contributed by atoms with Gasteiger partial charge in [0.25, 0.3) is 5.91 Å². The third-order valence-corrected chi connectivity index (χ3v) is 10.2. The number of sulfonamides is 1. The van der Waals surface area contributed by atoms with E-state index in [1.165, 1.54) is 22.8 Å². The van der Waals surface area contributed by atoms with Crippen molar-refractivity contribution in [2.75, 3.05) is 64.4 Å². The number of carboxylic acid groups (broad SMARTS) is 1. The normalized spacial score (nSPS) is 16.4. The average Bonchev–Trinajstić information content (AvgIpc) is 3.66. The Bertz CT molecular complexity index is 1600. The molecule has 48 heavy (non-hydrogen) atoms. The van der Waals surface area contributed by atoms with E-state index >= 15 is 0 Å². The smallest absolute Gasteiger partial charge is 0.475 e. The fraction of sp³-hybridized carbons (Fsp3) is 0.500. The molecule has 3 N–H and O–H groups in total. The maximum atomic E-state index is 14.7. The van der Waals surface area contributed by atoms with Gasteiger partial charge in [-0.3, -0.25) is 19.3 Å². The van der Waals surface area contributed by atoms with E-state index in [9.17, 15) is 40.4 Å². The van der Waals surface area contributed by atoms with Crippen LogP contribution in [0.25, 0.3) is 0 Å². The van der Waals surface area contributed by atoms with Crippen molar-refractivity contribution in [2.24, 2.45) is 0 Å². The molecular formula is C28H34ClF4N5O8S2. The van der Waals surface area contributed by atoms with Gasteiger partial charge in [0, 0.05) is 59.3 Å². The summed E-state index contributed by atoms with van der Waals surface area (Å²) in [5.74, 6) is -4.84. The van der Waals surface area contributed by atoms with Crippen molar-refractivity contribution in [3.8, 4) is 0 Å². The molecule has 1 aromatic heterocycles. The van der Waals surface area contributed by atoms with Crippen molar-refractivity contribution in [3.63, 3.8) is 0 Å². The molecule has 0 saturated carbocycles. The minimum atomic E-state index is -5.08. The number of aliphatic carboxylic acids is 1. The van der Waals surface area contributed by atoms with E-state index in [4.69, 9.17) is 26.2 Å². The van der Waals surface area contributed by atoms with Crippen LogP contribution in [0.3, 0.4) is 0 Å². The highest BCUT2D eigenvalue weighted by atomic mass is 35.5. The number of carbonyl (C=O) groups excluding carboxylic acids is 3. The summed E-state index contributed by atoms with van der Waals surface area (Å²) in [5.41, 5.74) is 0.357. The first-order valence-electron chi connectivity index (χ1n) is 14.4. The van der Waals surface area contributed by atoms with E-state index in [2.05, 4.69) is 14.9 Å². The van der Waals surface area contributed by atoms with Crippen molar-refractivity contribution < 1.29 is 55.0 Å². The summed E-state index contributed by atoms with van der Waals surface area (Å²) in [5, 5.41) is 9.74. The lowest BCUT2D eigenvalue weighted by Crippen LogP contribution is -2.58. The molecule has 0 spiro atoms. The Hall–Kier alpha value is -3.36. The van der Waals surface area contributed by atoms with Gasteiger partial charge in [0.2, 0.25) is 21.8 Å². The number of alkyl halides is 3. The monoisotopic (exact) mass is 743 g/mol. The molecule has 0 unspecified atom stereocenters. The van der Waals surface area contributed by atoms with Crippen LogP contribution in [0.5, 0.6) is 0 Å². The van der Waals surface area contributed by atoms with E-state index in [-0.39, 0.29) is 28.6 Å². The number of carbonyl (C=O) groups is 4. The maximum Gasteiger partial charge on any atom is 0.490 e. The minimum absolute atomic E-state index is 0.172. The van der Waals surface area contributed by atoms with Crippen molar-refractivity contribution in [1.29, 1.82) is 0 Å². The standard InChI is InChI=1S/C26H33ClFN5O6S2.C2HF3O2/c1-17-20(33-7-3-4-24(33)34)14-18(28)15-22(17)41(37,38)30-19(16-29-25(35)21-5-6-23(27)40-21)26(36)32-10-8-31(9-11-32)12-13-39-2;3-2(4,5)1(6)7/h5-6,14-15,19,30H,3-4,7-13,16H2,1-2H3,(H,29,35);(H,6,7)/t19-;/m0./s1. The molecule has 2 aliphatic rings. The number of halogens is 5. The van der Waals surface area contributed by atoms with E-state index in [1.807, 2.05) is 0 Å². The van der Waals surface area contributed by atoms with Gasteiger partial charge in [0.1, 0.15) is 11.9 Å². The lowest BCUT2D eigenvalue weighted by Gasteiger charge is -2.36. The molecule has 1 aromatic carbocycles. The van der Waals surface area contributed by atoms with Crippen LogP contribution in [0, 0.1) is 12.7 Å². The number of thiophene rings is 1. The zero-order valence-corrected chi connectivity index (χ0v) is 28.2. The molecule has 2 aliphatic heterocycles. The molecule has 266 valence electrons. The van der Waals surface area contributed by atoms with Gasteiger partial charge < -0.3 is 25.0 Å². The summed E-state index contributed by atoms with van der Waals surface area (Å²) in [4.78, 5) is 52.5. The molecule has 20 heteroatoms. The van der Waals surface area contributed by atoms with Crippen LogP contribution in [0.2, 0.25) is 4.34 Å². The van der Waals surface area contributed by atoms with Gasteiger partial charge in [-0.2, -0.15) is 17.9 Å². The van der Waals surface area contributed by atoms with Crippen molar-refractivity contribution in [3.05, 3.63) is 44.9 Å². The topological polar surface area (TPSA) is 166 Å². The van der Waals surface area contributed by atoms with Crippen LogP contribution in [-0.2, 0) is 29.1 Å². The molecule has 2 fully saturated rings. The number of nitrogens with one attached hydrogen (secondary N) is 2. The van der Waals surface area contributed by atoms with E-state index in [1.54, 1.807) is 13.2 Å². The van der Waals surface area contributed by atoms with Crippen LogP contribution >= 0.6 is 22.9 Å². The molecule has 4 rings (SSSR count). The highest BCUT2D eigenvalue weighted by Crippen LogP contribution is 2.31. The lowest BCUT2D eigenvalue weighted by atomic mass is 10.2. The van der Waals surface area contributed by atoms with E-state index in [0.717, 1.165) is 23.5 Å². The largest absolute Gasteiger partial charge is 0.490 e. The number of ether oxygens (including phenoxy) is 1. The van der Waals surface area contributed by atoms with Crippen molar-refractivity contribution in [1.82, 2.24) is 19.8 Å². The second-order valence-electron chi connectivity index (χ2n) is 10.6. The fourth-order valence-corrected chi connectivity index (χ4v) is 7.30. The first-order chi connectivity index (χ1) is 22.4. The van der Waals surface area contributed by atoms with Gasteiger partial charge in [-0.05, 0) is 43.2 Å². The Labute approximate surface area is 282 Å². The Morgan fingerprint density at radius 3 is 2.29 bits per heavy atom. The van der Waals surface area contributed by atoms with E-state index < -0.39 is 45.8 Å². The predicted molar refractivity (Wildman–Crippen MR) is 167 cm³/mol. The first-order valence-corrected chi connectivity index (χ1v) is 17.1. The molecule has 2 aromatic rings. The Kier molecular flexibility index (Phi) is 13.7. The quantitative estimate of drug-likeness (QED) is 0.293. The summed E-state index contributed by atoms with van der Waals surface area (Å²) >= 11 is 6.98. The number of carboxylic acids is 1. The zero-order chi connectivity index (χ0) is 35.8. The summed E-state index contributed by atoms with van der Waals surface area (Å²) in [6, 6.07) is 3.72. The Morgan fingerprint density at radius 1 is 1.12 bits per heavy atom. The first kappa shape index (κ1) is 39.1. The van der Waals surface area contributed by atoms with Crippen molar-refractivity contribution >= 4 is 62.3 Å². The van der Waals surface area contributed by atoms with Crippen LogP contribution in [0.4, 0.5) is 23.2 Å². The van der Waals surface area contributed by atoms with Crippen molar-refractivity contribution in [2.45, 2.75) is 36.9 Å². The fourth-order valence-electron chi connectivity index (χ4n) is 4.88. The number of nitrogens with zero attached hydrogens (tertiary/aromatic N) is 3. The number of hydrogen-bond acceptors (Lipinski definition) is 9. The molecule has 1 atom stereocenters. The number of benzene rings is 1. The minimum Gasteiger partial charge on any atom is -0.475 e. The molecule has 3 amide bonds. The lowest BCUT2D eigenvalue weighted by molar-refractivity contribution is -0.192. The molecule has 0 aliphatic carbocycles. The highest BCUT2D eigenvalue weighted by molar-refractivity contribution is 7.89. The number of amides is 3. The Balaban J connectivity index is 0.000000804. The van der Waals surface area contributed by atoms with Gasteiger partial charge in [-0.1, -0.05) is 11.6 Å². The molecular weight excluding hydrogens is 710 g/mol. The van der Waals surface area contributed by atoms with Gasteiger partial charge >= 0.3 is 12.1 Å². The maximum absolute atomic E-state index is 14.7.